The first-order valence-corrected chi connectivity index (χ1v) is 4.11. The van der Waals surface area contributed by atoms with E-state index in [1.807, 2.05) is 0 Å². The summed E-state index contributed by atoms with van der Waals surface area (Å²) in [6, 6.07) is 0. The zero-order chi connectivity index (χ0) is 14.1. The Bertz CT molecular complexity index is 422. The fraction of sp³-hybridized carbons (Fsp3) is 0. The number of carbonyl (C=O) groups excluding carboxylic acids is 3. The molecule has 0 aromatic heterocycles. The predicted octanol–water partition coefficient (Wildman–Crippen LogP) is -6.29. The number of carbonyl (C=O) groups is 5. The molecule has 20 heavy (non-hydrogen) atoms. The van der Waals surface area contributed by atoms with Gasteiger partial charge in [0.2, 0.25) is 0 Å². The standard InChI is InChI=1S/C9H6O9.2Na.2H/c10-5(11)1-3-7(14)17-9(16)18-8(15)4-2-6(12)13;;;;/h1-4H,(H,10,11)(H,12,13);;;;/q;2*+1;2*-1/b3-1-,4-2-;;;;. The molecule has 0 aliphatic heterocycles. The zero-order valence-corrected chi connectivity index (χ0v) is 14.6. The molecule has 0 fully saturated rings. The maximum atomic E-state index is 10.7. The minimum Gasteiger partial charge on any atom is -1.00 e. The Kier molecular flexibility index (Phi) is 15.7. The molecule has 9 nitrogen and oxygen atoms in total. The number of carboxylic acid groups (broad SMARTS) is 2. The molecule has 0 bridgehead atoms. The van der Waals surface area contributed by atoms with Gasteiger partial charge in [0.1, 0.15) is 0 Å². The molecule has 0 rings (SSSR count). The van der Waals surface area contributed by atoms with Gasteiger partial charge in [0.15, 0.2) is 0 Å². The molecule has 0 saturated carbocycles. The predicted molar refractivity (Wildman–Crippen MR) is 53.4 cm³/mol. The monoisotopic (exact) mass is 306 g/mol. The van der Waals surface area contributed by atoms with E-state index in [4.69, 9.17) is 10.2 Å². The first kappa shape index (κ1) is 24.1. The van der Waals surface area contributed by atoms with Crippen molar-refractivity contribution in [3.05, 3.63) is 24.3 Å². The van der Waals surface area contributed by atoms with Gasteiger partial charge in [-0.25, -0.2) is 24.0 Å². The van der Waals surface area contributed by atoms with Crippen molar-refractivity contribution in [1.29, 1.82) is 0 Å². The molecule has 0 amide bonds. The SMILES string of the molecule is O=C(O)/C=C\C(=O)OC(=O)OC(=O)/C=C\C(=O)O.[H-].[H-].[Na+].[Na+]. The average Bonchev–Trinajstić information content (AvgIpc) is 2.23. The smallest absolute Gasteiger partial charge is 1.00 e. The van der Waals surface area contributed by atoms with Crippen LogP contribution in [-0.4, -0.2) is 40.2 Å². The molecule has 0 aliphatic carbocycles. The summed E-state index contributed by atoms with van der Waals surface area (Å²) in [6.07, 6.45) is -0.0682. The summed E-state index contributed by atoms with van der Waals surface area (Å²) in [4.78, 5) is 52.1. The van der Waals surface area contributed by atoms with E-state index in [0.717, 1.165) is 0 Å². The van der Waals surface area contributed by atoms with Gasteiger partial charge in [-0.3, -0.25) is 0 Å². The Labute approximate surface area is 159 Å². The van der Waals surface area contributed by atoms with Gasteiger partial charge >= 0.3 is 89.1 Å². The van der Waals surface area contributed by atoms with Crippen LogP contribution >= 0.6 is 0 Å². The molecule has 0 radical (unpaired) electrons. The van der Waals surface area contributed by atoms with E-state index in [1.54, 1.807) is 0 Å². The van der Waals surface area contributed by atoms with Gasteiger partial charge in [0, 0.05) is 24.3 Å². The van der Waals surface area contributed by atoms with Crippen LogP contribution in [0.3, 0.4) is 0 Å². The Morgan fingerprint density at radius 3 is 1.25 bits per heavy atom. The average molecular weight is 306 g/mol. The molecular formula is C9H8Na2O9. The summed E-state index contributed by atoms with van der Waals surface area (Å²) in [5.74, 6) is -5.61. The van der Waals surface area contributed by atoms with Crippen molar-refractivity contribution in [2.75, 3.05) is 0 Å². The maximum Gasteiger partial charge on any atom is 1.00 e. The molecule has 0 spiro atoms. The second kappa shape index (κ2) is 13.0. The minimum atomic E-state index is -1.71. The Balaban J connectivity index is -0.000000241. The van der Waals surface area contributed by atoms with E-state index in [0.29, 0.717) is 24.3 Å². The van der Waals surface area contributed by atoms with E-state index in [-0.39, 0.29) is 62.0 Å². The van der Waals surface area contributed by atoms with Gasteiger partial charge in [0.05, 0.1) is 0 Å². The zero-order valence-electron chi connectivity index (χ0n) is 12.6. The van der Waals surface area contributed by atoms with E-state index in [2.05, 4.69) is 9.47 Å². The number of hydrogen-bond donors (Lipinski definition) is 2. The van der Waals surface area contributed by atoms with Crippen LogP contribution in [0.25, 0.3) is 0 Å². The largest absolute Gasteiger partial charge is 1.00 e. The Hall–Kier alpha value is -0.970. The number of rotatable bonds is 4. The second-order valence-corrected chi connectivity index (χ2v) is 2.44. The molecule has 0 heterocycles. The summed E-state index contributed by atoms with van der Waals surface area (Å²) in [5, 5.41) is 16.3. The van der Waals surface area contributed by atoms with Gasteiger partial charge in [-0.15, -0.1) is 0 Å². The van der Waals surface area contributed by atoms with Crippen molar-refractivity contribution in [1.82, 2.24) is 0 Å². The second-order valence-electron chi connectivity index (χ2n) is 2.44. The number of hydrogen-bond acceptors (Lipinski definition) is 7. The van der Waals surface area contributed by atoms with Gasteiger partial charge in [0.25, 0.3) is 0 Å². The number of ether oxygens (including phenoxy) is 2. The Morgan fingerprint density at radius 1 is 0.700 bits per heavy atom. The summed E-state index contributed by atoms with van der Waals surface area (Å²) < 4.78 is 7.65. The van der Waals surface area contributed by atoms with Crippen molar-refractivity contribution in [3.63, 3.8) is 0 Å². The molecule has 0 unspecified atom stereocenters. The Morgan fingerprint density at radius 2 is 1.00 bits per heavy atom. The van der Waals surface area contributed by atoms with Crippen molar-refractivity contribution in [2.45, 2.75) is 0 Å². The van der Waals surface area contributed by atoms with Crippen molar-refractivity contribution >= 4 is 30.0 Å². The molecule has 0 atom stereocenters. The van der Waals surface area contributed by atoms with Crippen LogP contribution in [0, 0.1) is 0 Å². The van der Waals surface area contributed by atoms with Gasteiger partial charge in [-0.2, -0.15) is 0 Å². The summed E-state index contributed by atoms with van der Waals surface area (Å²) in [6.45, 7) is 0. The molecule has 0 aromatic carbocycles. The minimum absolute atomic E-state index is 0. The van der Waals surface area contributed by atoms with Crippen molar-refractivity contribution in [2.24, 2.45) is 0 Å². The van der Waals surface area contributed by atoms with Crippen LogP contribution in [0.4, 0.5) is 4.79 Å². The summed E-state index contributed by atoms with van der Waals surface area (Å²) >= 11 is 0. The number of carboxylic acids is 2. The van der Waals surface area contributed by atoms with Gasteiger partial charge in [-0.1, -0.05) is 0 Å². The van der Waals surface area contributed by atoms with E-state index >= 15 is 0 Å². The van der Waals surface area contributed by atoms with E-state index in [1.165, 1.54) is 0 Å². The summed E-state index contributed by atoms with van der Waals surface area (Å²) in [7, 11) is 0. The molecule has 11 heteroatoms. The van der Waals surface area contributed by atoms with Crippen LogP contribution in [0.5, 0.6) is 0 Å². The third-order valence-corrected chi connectivity index (χ3v) is 1.09. The first-order chi connectivity index (χ1) is 8.31. The third kappa shape index (κ3) is 15.1. The molecule has 2 N–H and O–H groups in total. The van der Waals surface area contributed by atoms with Crippen LogP contribution in [0.15, 0.2) is 24.3 Å². The van der Waals surface area contributed by atoms with Crippen LogP contribution in [-0.2, 0) is 28.7 Å². The van der Waals surface area contributed by atoms with E-state index in [9.17, 15) is 24.0 Å². The first-order valence-electron chi connectivity index (χ1n) is 4.11. The third-order valence-electron chi connectivity index (χ3n) is 1.09. The molecule has 0 aliphatic rings. The van der Waals surface area contributed by atoms with Crippen molar-refractivity contribution < 1.29 is 106 Å². The quantitative estimate of drug-likeness (QED) is 0.224. The maximum absolute atomic E-state index is 10.7. The van der Waals surface area contributed by atoms with Crippen LogP contribution < -0.4 is 59.1 Å². The van der Waals surface area contributed by atoms with Crippen LogP contribution in [0.2, 0.25) is 0 Å². The fourth-order valence-corrected chi connectivity index (χ4v) is 0.532. The topological polar surface area (TPSA) is 144 Å². The fourth-order valence-electron chi connectivity index (χ4n) is 0.532. The summed E-state index contributed by atoms with van der Waals surface area (Å²) in [5.41, 5.74) is 0. The molecule has 0 aromatic rings. The normalized spacial score (nSPS) is 9.20. The molecular weight excluding hydrogens is 298 g/mol. The molecule has 0 saturated heterocycles. The molecule has 100 valence electrons. The van der Waals surface area contributed by atoms with E-state index < -0.39 is 30.0 Å². The van der Waals surface area contributed by atoms with Gasteiger partial charge < -0.3 is 22.5 Å². The number of esters is 2. The number of aliphatic carboxylic acids is 2. The van der Waals surface area contributed by atoms with Gasteiger partial charge in [-0.05, 0) is 0 Å². The van der Waals surface area contributed by atoms with Crippen molar-refractivity contribution in [3.8, 4) is 0 Å². The van der Waals surface area contributed by atoms with Crippen LogP contribution in [0.1, 0.15) is 2.85 Å².